The highest BCUT2D eigenvalue weighted by atomic mass is 16.6. The van der Waals surface area contributed by atoms with Gasteiger partial charge in [0, 0.05) is 48.7 Å². The van der Waals surface area contributed by atoms with Crippen LogP contribution in [0.15, 0.2) is 36.5 Å². The Morgan fingerprint density at radius 2 is 1.91 bits per heavy atom. The molecule has 0 N–H and O–H groups in total. The Morgan fingerprint density at radius 1 is 1.17 bits per heavy atom. The molecule has 0 saturated carbocycles. The Kier molecular flexibility index (Phi) is 7.41. The minimum atomic E-state index is -0.201. The number of likely N-dealkylation sites (tertiary alicyclic amines) is 1. The Morgan fingerprint density at radius 3 is 2.57 bits per heavy atom. The van der Waals surface area contributed by atoms with E-state index >= 15 is 0 Å². The van der Waals surface area contributed by atoms with E-state index in [2.05, 4.69) is 54.2 Å². The Balaban J connectivity index is 1.48. The van der Waals surface area contributed by atoms with Gasteiger partial charge in [0.15, 0.2) is 0 Å². The molecule has 1 aromatic carbocycles. The van der Waals surface area contributed by atoms with Crippen LogP contribution >= 0.6 is 0 Å². The van der Waals surface area contributed by atoms with Gasteiger partial charge < -0.3 is 14.5 Å². The zero-order chi connectivity index (χ0) is 25.3. The molecule has 1 fully saturated rings. The summed E-state index contributed by atoms with van der Waals surface area (Å²) < 4.78 is 6.67. The minimum absolute atomic E-state index is 0.125. The average molecular weight is 480 g/mol. The highest BCUT2D eigenvalue weighted by Crippen LogP contribution is 2.46. The lowest BCUT2D eigenvalue weighted by atomic mass is 9.87. The van der Waals surface area contributed by atoms with Gasteiger partial charge in [-0.05, 0) is 71.2 Å². The molecule has 1 aromatic heterocycles. The third kappa shape index (κ3) is 5.48. The summed E-state index contributed by atoms with van der Waals surface area (Å²) in [5.41, 5.74) is 6.49. The van der Waals surface area contributed by atoms with Crippen LogP contribution in [0.1, 0.15) is 62.4 Å². The minimum Gasteiger partial charge on any atom is -0.399 e. The Hall–Kier alpha value is -2.60. The number of likely N-dealkylation sites (N-methyl/N-ethyl adjacent to an activating group) is 1. The van der Waals surface area contributed by atoms with Crippen LogP contribution in [-0.4, -0.2) is 72.0 Å². The molecule has 1 saturated heterocycles. The van der Waals surface area contributed by atoms with E-state index in [1.807, 2.05) is 45.7 Å². The van der Waals surface area contributed by atoms with Gasteiger partial charge in [0.2, 0.25) is 6.73 Å². The van der Waals surface area contributed by atoms with E-state index < -0.39 is 0 Å². The summed E-state index contributed by atoms with van der Waals surface area (Å²) in [6.07, 6.45) is 3.90. The molecule has 3 heterocycles. The van der Waals surface area contributed by atoms with Gasteiger partial charge in [0.05, 0.1) is 26.1 Å². The van der Waals surface area contributed by atoms with E-state index in [4.69, 9.17) is 4.74 Å². The van der Waals surface area contributed by atoms with Crippen LogP contribution in [-0.2, 0) is 11.2 Å². The highest BCUT2D eigenvalue weighted by molar-refractivity contribution is 5.68. The van der Waals surface area contributed by atoms with Crippen molar-refractivity contribution in [2.24, 2.45) is 0 Å². The monoisotopic (exact) mass is 479 g/mol. The number of rotatable bonds is 7. The van der Waals surface area contributed by atoms with Crippen molar-refractivity contribution in [3.8, 4) is 0 Å². The number of hydrogen-bond donors (Lipinski definition) is 0. The normalized spacial score (nSPS) is 23.4. The number of pyridine rings is 1. The highest BCUT2D eigenvalue weighted by Gasteiger charge is 2.47. The molecule has 0 bridgehead atoms. The van der Waals surface area contributed by atoms with Crippen molar-refractivity contribution in [1.82, 2.24) is 9.88 Å². The average Bonchev–Trinajstić information content (AvgIpc) is 3.08. The standard InChI is InChI=1S/C29H43N4O2/c1-20(2)32(21(3)4)29(34)35-19-33(7)15-13-28-26(18-33)25-16-22(5)8-11-27(25)31(28)14-12-24-10-9-23(6)30-17-24/h8-11,16-17,20-21,26,28H,12-15,18-19H2,1-7H3/q+1. The molecular weight excluding hydrogens is 436 g/mol. The number of carbonyl (C=O) groups excluding carboxylic acids is 1. The summed E-state index contributed by atoms with van der Waals surface area (Å²) in [5.74, 6) is 0.449. The number of aryl methyl sites for hydroxylation is 2. The van der Waals surface area contributed by atoms with Crippen LogP contribution in [0.3, 0.4) is 0 Å². The van der Waals surface area contributed by atoms with Gasteiger partial charge in [-0.1, -0.05) is 23.8 Å². The zero-order valence-corrected chi connectivity index (χ0v) is 22.6. The first kappa shape index (κ1) is 25.5. The molecule has 35 heavy (non-hydrogen) atoms. The fourth-order valence-corrected chi connectivity index (χ4v) is 6.03. The van der Waals surface area contributed by atoms with E-state index in [9.17, 15) is 4.79 Å². The van der Waals surface area contributed by atoms with Gasteiger partial charge in [-0.3, -0.25) is 9.47 Å². The van der Waals surface area contributed by atoms with Crippen molar-refractivity contribution in [3.05, 3.63) is 58.9 Å². The predicted octanol–water partition coefficient (Wildman–Crippen LogP) is 5.28. The molecule has 2 aliphatic rings. The number of aromatic nitrogens is 1. The second-order valence-corrected chi connectivity index (χ2v) is 11.4. The quantitative estimate of drug-likeness (QED) is 0.507. The zero-order valence-electron chi connectivity index (χ0n) is 22.6. The fraction of sp³-hybridized carbons (Fsp3) is 0.586. The first-order chi connectivity index (χ1) is 16.6. The van der Waals surface area contributed by atoms with Gasteiger partial charge in [0.1, 0.15) is 0 Å². The van der Waals surface area contributed by atoms with Crippen molar-refractivity contribution >= 4 is 11.8 Å². The molecule has 0 radical (unpaired) electrons. The molecule has 2 aliphatic heterocycles. The van der Waals surface area contributed by atoms with Crippen LogP contribution in [0.2, 0.25) is 0 Å². The molecular formula is C29H43N4O2+. The molecule has 3 unspecified atom stereocenters. The maximum atomic E-state index is 12.9. The van der Waals surface area contributed by atoms with Crippen molar-refractivity contribution in [2.45, 2.75) is 78.4 Å². The number of anilines is 1. The Labute approximate surface area is 211 Å². The SMILES string of the molecule is Cc1ccc2c(c1)C1C[N+](C)(COC(=O)N(C(C)C)C(C)C)CCC1N2CCc1ccc(C)nc1. The molecule has 6 nitrogen and oxygen atoms in total. The van der Waals surface area contributed by atoms with Crippen molar-refractivity contribution in [3.63, 3.8) is 0 Å². The number of ether oxygens (including phenoxy) is 1. The molecule has 6 heteroatoms. The summed E-state index contributed by atoms with van der Waals surface area (Å²) in [7, 11) is 2.24. The summed E-state index contributed by atoms with van der Waals surface area (Å²) >= 11 is 0. The largest absolute Gasteiger partial charge is 0.414 e. The lowest BCUT2D eigenvalue weighted by Gasteiger charge is -2.44. The smallest absolute Gasteiger partial charge is 0.399 e. The molecule has 1 amide bonds. The van der Waals surface area contributed by atoms with Crippen molar-refractivity contribution in [1.29, 1.82) is 0 Å². The van der Waals surface area contributed by atoms with Crippen LogP contribution in [0.5, 0.6) is 0 Å². The first-order valence-electron chi connectivity index (χ1n) is 13.2. The molecule has 190 valence electrons. The lowest BCUT2D eigenvalue weighted by molar-refractivity contribution is -0.931. The predicted molar refractivity (Wildman–Crippen MR) is 142 cm³/mol. The van der Waals surface area contributed by atoms with E-state index in [0.29, 0.717) is 18.7 Å². The number of quaternary nitrogens is 1. The van der Waals surface area contributed by atoms with Crippen molar-refractivity contribution in [2.75, 3.05) is 38.3 Å². The second kappa shape index (κ2) is 10.2. The number of amides is 1. The third-order valence-corrected chi connectivity index (χ3v) is 7.80. The van der Waals surface area contributed by atoms with Gasteiger partial charge in [-0.15, -0.1) is 0 Å². The molecule has 4 rings (SSSR count). The van der Waals surface area contributed by atoms with Crippen LogP contribution < -0.4 is 4.90 Å². The van der Waals surface area contributed by atoms with Crippen LogP contribution in [0.25, 0.3) is 0 Å². The van der Waals surface area contributed by atoms with Gasteiger partial charge >= 0.3 is 6.09 Å². The van der Waals surface area contributed by atoms with E-state index in [1.165, 1.54) is 22.4 Å². The summed E-state index contributed by atoms with van der Waals surface area (Å²) in [4.78, 5) is 21.8. The van der Waals surface area contributed by atoms with Gasteiger partial charge in [-0.2, -0.15) is 0 Å². The number of nitrogens with zero attached hydrogens (tertiary/aromatic N) is 4. The first-order valence-corrected chi connectivity index (χ1v) is 13.2. The number of benzene rings is 1. The van der Waals surface area contributed by atoms with Crippen LogP contribution in [0.4, 0.5) is 10.5 Å². The Bertz CT molecular complexity index is 1030. The molecule has 2 aromatic rings. The van der Waals surface area contributed by atoms with E-state index in [1.54, 1.807) is 0 Å². The van der Waals surface area contributed by atoms with E-state index in [-0.39, 0.29) is 18.2 Å². The summed E-state index contributed by atoms with van der Waals surface area (Å²) in [5, 5.41) is 0. The maximum Gasteiger partial charge on any atom is 0.414 e. The molecule has 0 spiro atoms. The lowest BCUT2D eigenvalue weighted by Crippen LogP contribution is -2.57. The third-order valence-electron chi connectivity index (χ3n) is 7.80. The number of piperidine rings is 1. The fourth-order valence-electron chi connectivity index (χ4n) is 6.03. The topological polar surface area (TPSA) is 45.7 Å². The number of fused-ring (bicyclic) bond motifs is 3. The number of hydrogen-bond acceptors (Lipinski definition) is 4. The maximum absolute atomic E-state index is 12.9. The van der Waals surface area contributed by atoms with Crippen molar-refractivity contribution < 1.29 is 14.0 Å². The second-order valence-electron chi connectivity index (χ2n) is 11.4. The molecule has 0 aliphatic carbocycles. The van der Waals surface area contributed by atoms with Crippen LogP contribution in [0, 0.1) is 13.8 Å². The van der Waals surface area contributed by atoms with E-state index in [0.717, 1.165) is 42.7 Å². The van der Waals surface area contributed by atoms with Gasteiger partial charge in [-0.25, -0.2) is 4.79 Å². The summed E-state index contributed by atoms with van der Waals surface area (Å²) in [6.45, 7) is 15.8. The molecule has 3 atom stereocenters. The van der Waals surface area contributed by atoms with Gasteiger partial charge in [0.25, 0.3) is 0 Å². The summed E-state index contributed by atoms with van der Waals surface area (Å²) in [6, 6.07) is 12.0. The number of carbonyl (C=O) groups is 1.